The highest BCUT2D eigenvalue weighted by atomic mass is 32.2. The molecular formula is C21H17N3O8S. The molecule has 1 unspecified atom stereocenters. The molecule has 0 aromatic heterocycles. The van der Waals surface area contributed by atoms with Gasteiger partial charge in [0.15, 0.2) is 0 Å². The number of anilines is 3. The lowest BCUT2D eigenvalue weighted by Gasteiger charge is -2.21. The number of hydrogen-bond donors (Lipinski definition) is 4. The molecule has 11 nitrogen and oxygen atoms in total. The fourth-order valence-corrected chi connectivity index (χ4v) is 3.62. The van der Waals surface area contributed by atoms with Crippen molar-refractivity contribution in [1.82, 2.24) is 0 Å². The normalized spacial score (nSPS) is 11.4. The van der Waals surface area contributed by atoms with E-state index in [0.717, 1.165) is 29.8 Å². The van der Waals surface area contributed by atoms with Crippen molar-refractivity contribution in [2.45, 2.75) is 6.54 Å². The van der Waals surface area contributed by atoms with Crippen molar-refractivity contribution >= 4 is 46.0 Å². The van der Waals surface area contributed by atoms with Crippen LogP contribution in [0.3, 0.4) is 0 Å². The molecule has 3 rings (SSSR count). The van der Waals surface area contributed by atoms with Crippen LogP contribution in [0.4, 0.5) is 22.7 Å². The molecule has 0 saturated heterocycles. The quantitative estimate of drug-likeness (QED) is 0.205. The average molecular weight is 471 g/mol. The fourth-order valence-electron chi connectivity index (χ4n) is 3.04. The summed E-state index contributed by atoms with van der Waals surface area (Å²) in [6.45, 7) is 0.291. The Hall–Kier alpha value is -4.29. The van der Waals surface area contributed by atoms with Crippen molar-refractivity contribution < 1.29 is 33.5 Å². The van der Waals surface area contributed by atoms with Gasteiger partial charge in [-0.2, -0.15) is 0 Å². The fraction of sp³-hybridized carbons (Fsp3) is 0.0476. The summed E-state index contributed by atoms with van der Waals surface area (Å²) in [4.78, 5) is 33.8. The van der Waals surface area contributed by atoms with E-state index < -0.39 is 44.9 Å². The summed E-state index contributed by atoms with van der Waals surface area (Å²) in [5.74, 6) is -2.90. The lowest BCUT2D eigenvalue weighted by atomic mass is 10.1. The second kappa shape index (κ2) is 9.89. The van der Waals surface area contributed by atoms with E-state index in [9.17, 15) is 38.7 Å². The molecule has 0 spiro atoms. The van der Waals surface area contributed by atoms with Crippen LogP contribution in [-0.2, 0) is 17.8 Å². The van der Waals surface area contributed by atoms with E-state index in [2.05, 4.69) is 5.32 Å². The Labute approximate surface area is 189 Å². The van der Waals surface area contributed by atoms with E-state index in [-0.39, 0.29) is 17.1 Å². The zero-order valence-electron chi connectivity index (χ0n) is 16.7. The van der Waals surface area contributed by atoms with Crippen molar-refractivity contribution in [2.75, 3.05) is 9.62 Å². The highest BCUT2D eigenvalue weighted by Crippen LogP contribution is 2.35. The van der Waals surface area contributed by atoms with Gasteiger partial charge in [-0.1, -0.05) is 30.3 Å². The molecule has 170 valence electrons. The Morgan fingerprint density at radius 1 is 0.939 bits per heavy atom. The molecule has 0 aliphatic rings. The van der Waals surface area contributed by atoms with Crippen molar-refractivity contribution in [2.24, 2.45) is 0 Å². The summed E-state index contributed by atoms with van der Waals surface area (Å²) in [7, 11) is 0. The Morgan fingerprint density at radius 3 is 2.06 bits per heavy atom. The number of nitro benzene ring substituents is 1. The van der Waals surface area contributed by atoms with Gasteiger partial charge in [-0.05, 0) is 35.9 Å². The molecule has 0 aliphatic carbocycles. The smallest absolute Gasteiger partial charge is 0.335 e. The van der Waals surface area contributed by atoms with Gasteiger partial charge in [-0.3, -0.25) is 14.7 Å². The van der Waals surface area contributed by atoms with Crippen LogP contribution in [0.5, 0.6) is 0 Å². The predicted molar refractivity (Wildman–Crippen MR) is 120 cm³/mol. The Morgan fingerprint density at radius 2 is 1.55 bits per heavy atom. The second-order valence-electron chi connectivity index (χ2n) is 6.70. The van der Waals surface area contributed by atoms with E-state index in [1.807, 2.05) is 30.3 Å². The molecule has 0 radical (unpaired) electrons. The number of carboxylic acids is 2. The number of rotatable bonds is 9. The summed E-state index contributed by atoms with van der Waals surface area (Å²) in [5.41, 5.74) is -0.597. The molecule has 0 aliphatic heterocycles. The molecule has 0 heterocycles. The first-order valence-electron chi connectivity index (χ1n) is 9.26. The maximum Gasteiger partial charge on any atom is 0.335 e. The second-order valence-corrected chi connectivity index (χ2v) is 7.53. The number of nitrogens with zero attached hydrogens (tertiary/aromatic N) is 2. The van der Waals surface area contributed by atoms with Gasteiger partial charge in [-0.25, -0.2) is 18.1 Å². The van der Waals surface area contributed by atoms with Crippen molar-refractivity contribution in [3.05, 3.63) is 93.5 Å². The van der Waals surface area contributed by atoms with E-state index in [4.69, 9.17) is 0 Å². The summed E-state index contributed by atoms with van der Waals surface area (Å²) in [6.07, 6.45) is 0. The number of nitro groups is 1. The van der Waals surface area contributed by atoms with Gasteiger partial charge in [-0.15, -0.1) is 0 Å². The minimum atomic E-state index is -2.81. The highest BCUT2D eigenvalue weighted by Gasteiger charge is 2.23. The number of carbonyl (C=O) groups is 2. The minimum Gasteiger partial charge on any atom is -0.478 e. The van der Waals surface area contributed by atoms with Crippen LogP contribution in [0.25, 0.3) is 0 Å². The first-order chi connectivity index (χ1) is 15.7. The monoisotopic (exact) mass is 471 g/mol. The van der Waals surface area contributed by atoms with Crippen molar-refractivity contribution in [3.63, 3.8) is 0 Å². The van der Waals surface area contributed by atoms with Gasteiger partial charge >= 0.3 is 11.9 Å². The van der Waals surface area contributed by atoms with Gasteiger partial charge in [0.25, 0.3) is 17.0 Å². The molecule has 0 bridgehead atoms. The third-order valence-corrected chi connectivity index (χ3v) is 5.27. The molecule has 4 N–H and O–H groups in total. The summed E-state index contributed by atoms with van der Waals surface area (Å²) >= 11 is -2.81. The highest BCUT2D eigenvalue weighted by molar-refractivity contribution is 7.81. The van der Waals surface area contributed by atoms with Gasteiger partial charge in [0.1, 0.15) is 5.69 Å². The topological polar surface area (TPSA) is 170 Å². The zero-order chi connectivity index (χ0) is 24.1. The third-order valence-electron chi connectivity index (χ3n) is 4.54. The lowest BCUT2D eigenvalue weighted by molar-refractivity contribution is -0.383. The first kappa shape index (κ1) is 23.4. The van der Waals surface area contributed by atoms with E-state index >= 15 is 0 Å². The Balaban J connectivity index is 2.04. The number of nitrogens with one attached hydrogen (secondary N) is 1. The zero-order valence-corrected chi connectivity index (χ0v) is 17.6. The summed E-state index contributed by atoms with van der Waals surface area (Å²) in [6, 6.07) is 15.7. The van der Waals surface area contributed by atoms with E-state index in [1.165, 1.54) is 12.1 Å². The molecular weight excluding hydrogens is 454 g/mol. The summed E-state index contributed by atoms with van der Waals surface area (Å²) < 4.78 is 22.6. The molecule has 0 amide bonds. The lowest BCUT2D eigenvalue weighted by Crippen LogP contribution is -2.20. The Kier molecular flexibility index (Phi) is 7.00. The van der Waals surface area contributed by atoms with Gasteiger partial charge in [0, 0.05) is 12.6 Å². The number of carboxylic acid groups (broad SMARTS) is 2. The van der Waals surface area contributed by atoms with Crippen molar-refractivity contribution in [3.8, 4) is 0 Å². The molecule has 3 aromatic rings. The van der Waals surface area contributed by atoms with Crippen LogP contribution in [-0.4, -0.2) is 35.8 Å². The van der Waals surface area contributed by atoms with Crippen LogP contribution in [0, 0.1) is 10.1 Å². The van der Waals surface area contributed by atoms with Crippen molar-refractivity contribution in [1.29, 1.82) is 0 Å². The van der Waals surface area contributed by atoms with Crippen LogP contribution in [0.15, 0.2) is 66.7 Å². The van der Waals surface area contributed by atoms with Gasteiger partial charge in [0.05, 0.1) is 27.4 Å². The molecule has 1 atom stereocenters. The SMILES string of the molecule is O=C(O)c1cc(C(=O)O)cc(N(c2ccc(NCc3ccccc3)c([N+](=O)[O-])c2)S(=O)O)c1. The number of hydrogen-bond acceptors (Lipinski definition) is 6. The molecule has 3 aromatic carbocycles. The number of aromatic carboxylic acids is 2. The third kappa shape index (κ3) is 5.50. The molecule has 0 fully saturated rings. The number of benzene rings is 3. The van der Waals surface area contributed by atoms with Crippen LogP contribution < -0.4 is 9.62 Å². The molecule has 0 saturated carbocycles. The van der Waals surface area contributed by atoms with E-state index in [1.54, 1.807) is 0 Å². The maximum atomic E-state index is 12.1. The molecule has 12 heteroatoms. The van der Waals surface area contributed by atoms with E-state index in [0.29, 0.717) is 10.8 Å². The molecule has 33 heavy (non-hydrogen) atoms. The Bertz CT molecular complexity index is 1220. The predicted octanol–water partition coefficient (Wildman–Crippen LogP) is 3.88. The largest absolute Gasteiger partial charge is 0.478 e. The summed E-state index contributed by atoms with van der Waals surface area (Å²) in [5, 5.41) is 33.1. The minimum absolute atomic E-state index is 0.119. The maximum absolute atomic E-state index is 12.1. The van der Waals surface area contributed by atoms with Crippen LogP contribution in [0.2, 0.25) is 0 Å². The van der Waals surface area contributed by atoms with Gasteiger partial charge in [0.2, 0.25) is 0 Å². The standard InChI is InChI=1S/C21H17N3O8S/c25-20(26)14-8-15(21(27)28)10-17(9-14)23(33(31)32)16-6-7-18(19(11-16)24(29)30)22-12-13-4-2-1-3-5-13/h1-11,22H,12H2,(H,25,26)(H,27,28)(H,31,32). The first-order valence-corrected chi connectivity index (χ1v) is 10.3. The average Bonchev–Trinajstić information content (AvgIpc) is 2.78. The van der Waals surface area contributed by atoms with Crippen LogP contribution >= 0.6 is 0 Å². The van der Waals surface area contributed by atoms with Gasteiger partial charge < -0.3 is 15.5 Å². The van der Waals surface area contributed by atoms with Crippen LogP contribution in [0.1, 0.15) is 26.3 Å².